The van der Waals surface area contributed by atoms with Crippen molar-refractivity contribution in [3.8, 4) is 0 Å². The van der Waals surface area contributed by atoms with E-state index in [0.717, 1.165) is 0 Å². The van der Waals surface area contributed by atoms with Gasteiger partial charge in [-0.3, -0.25) is 0 Å². The lowest BCUT2D eigenvalue weighted by atomic mass is 9.91. The zero-order chi connectivity index (χ0) is 32.7. The second-order valence-corrected chi connectivity index (χ2v) is 8.18. The number of thioether (sulfide) groups is 1. The molecule has 0 heterocycles. The van der Waals surface area contributed by atoms with Crippen molar-refractivity contribution in [2.45, 2.75) is 70.2 Å². The molecule has 0 saturated carbocycles. The van der Waals surface area contributed by atoms with E-state index in [0.29, 0.717) is 0 Å². The van der Waals surface area contributed by atoms with Gasteiger partial charge in [-0.05, 0) is 0 Å². The molecule has 0 atom stereocenters. The van der Waals surface area contributed by atoms with Crippen molar-refractivity contribution >= 4 is 11.8 Å². The largest absolute Gasteiger partial charge is 0.459 e. The van der Waals surface area contributed by atoms with Crippen LogP contribution in [0.25, 0.3) is 0 Å². The van der Waals surface area contributed by atoms with Crippen molar-refractivity contribution in [2.75, 3.05) is 0 Å². The smallest absolute Gasteiger partial charge is 0.197 e. The summed E-state index contributed by atoms with van der Waals surface area (Å²) in [5.41, 5.74) is 0. The summed E-state index contributed by atoms with van der Waals surface area (Å²) in [6, 6.07) is 0. The Kier molecular flexibility index (Phi) is 8.67. The number of hydrogen-bond acceptors (Lipinski definition) is 1. The van der Waals surface area contributed by atoms with Crippen LogP contribution in [0.2, 0.25) is 0 Å². The van der Waals surface area contributed by atoms with Gasteiger partial charge in [-0.15, -0.1) is 0 Å². The van der Waals surface area contributed by atoms with Crippen molar-refractivity contribution in [3.63, 3.8) is 0 Å². The van der Waals surface area contributed by atoms with Gasteiger partial charge in [0.05, 0.1) is 0 Å². The Hall–Kier alpha value is -1.47. The van der Waals surface area contributed by atoms with Gasteiger partial charge in [0.15, 0.2) is 0 Å². The maximum atomic E-state index is 13.9. The van der Waals surface area contributed by atoms with Gasteiger partial charge < -0.3 is 0 Å². The summed E-state index contributed by atoms with van der Waals surface area (Å²) in [6.45, 7) is 0. The average Bonchev–Trinajstić information content (AvgIpc) is 2.54. The molecule has 27 heteroatoms. The molecule has 0 aliphatic rings. The number of hydrogen-bond donors (Lipinski definition) is 0. The summed E-state index contributed by atoms with van der Waals surface area (Å²) in [5.74, 6) is -37.3. The van der Waals surface area contributed by atoms with Crippen LogP contribution in [0.1, 0.15) is 0 Å². The van der Waals surface area contributed by atoms with Gasteiger partial charge in [0.25, 0.3) is 9.49 Å². The van der Waals surface area contributed by atoms with E-state index in [1.165, 1.54) is 0 Å². The van der Waals surface area contributed by atoms with Crippen LogP contribution < -0.4 is 0 Å². The molecule has 0 aromatic carbocycles. The average molecular weight is 670 g/mol. The van der Waals surface area contributed by atoms with Crippen LogP contribution in [0.4, 0.5) is 114 Å². The first kappa shape index (κ1) is 37.5. The fraction of sp³-hybridized carbons (Fsp3) is 1.00. The second kappa shape index (κ2) is 9.01. The van der Waals surface area contributed by atoms with Gasteiger partial charge in [-0.1, -0.05) is 11.8 Å². The van der Waals surface area contributed by atoms with E-state index in [1.54, 1.807) is 0 Å². The highest BCUT2D eigenvalue weighted by Gasteiger charge is 3.00. The molecule has 0 aliphatic carbocycles. The van der Waals surface area contributed by atoms with Crippen molar-refractivity contribution in [1.29, 1.82) is 0 Å². The molecule has 0 nitrogen and oxygen atoms in total. The van der Waals surface area contributed by atoms with Gasteiger partial charge >= 0.3 is 60.7 Å². The third kappa shape index (κ3) is 4.87. The monoisotopic (exact) mass is 670 g/mol. The number of halogens is 26. The van der Waals surface area contributed by atoms with Gasteiger partial charge in [-0.2, -0.15) is 114 Å². The summed E-state index contributed by atoms with van der Waals surface area (Å²) < 4.78 is 321. The van der Waals surface area contributed by atoms with Crippen LogP contribution in [0.5, 0.6) is 0 Å². The van der Waals surface area contributed by atoms with Crippen LogP contribution in [-0.2, 0) is 0 Å². The Labute approximate surface area is 197 Å². The van der Waals surface area contributed by atoms with Crippen molar-refractivity contribution in [3.05, 3.63) is 0 Å². The Morgan fingerprint density at radius 2 is 0.359 bits per heavy atom. The third-order valence-electron chi connectivity index (χ3n) is 4.29. The lowest BCUT2D eigenvalue weighted by Gasteiger charge is -2.51. The standard InChI is InChI=1S/C12F26S/c13-3(14,5(17,18)11(33,34)35)1(7(21,22)23,8(24,25)26)39-2(9(27,28)29,10(30,31)32)4(15,16)6(19,20)12(36,37)38. The molecule has 0 spiro atoms. The molecule has 0 unspecified atom stereocenters. The molecular formula is C12F26S. The van der Waals surface area contributed by atoms with Crippen molar-refractivity contribution < 1.29 is 114 Å². The number of alkyl halides is 26. The van der Waals surface area contributed by atoms with E-state index in [9.17, 15) is 114 Å². The Morgan fingerprint density at radius 3 is 0.462 bits per heavy atom. The molecule has 236 valence electrons. The zero-order valence-electron chi connectivity index (χ0n) is 16.2. The summed E-state index contributed by atoms with van der Waals surface area (Å²) in [5, 5.41) is 0. The van der Waals surface area contributed by atoms with Crippen molar-refractivity contribution in [1.82, 2.24) is 0 Å². The molecule has 0 aliphatic heterocycles. The Balaban J connectivity index is 8.70. The summed E-state index contributed by atoms with van der Waals surface area (Å²) >= 11 is -5.55. The van der Waals surface area contributed by atoms with E-state index in [4.69, 9.17) is 0 Å². The highest BCUT2D eigenvalue weighted by molar-refractivity contribution is 8.02. The van der Waals surface area contributed by atoms with E-state index < -0.39 is 82.0 Å². The van der Waals surface area contributed by atoms with E-state index >= 15 is 0 Å². The molecule has 39 heavy (non-hydrogen) atoms. The number of rotatable bonds is 6. The second-order valence-electron chi connectivity index (χ2n) is 6.75. The summed E-state index contributed by atoms with van der Waals surface area (Å²) in [6.07, 6.45) is -53.8. The molecule has 0 bridgehead atoms. The Bertz CT molecular complexity index is 768. The predicted molar refractivity (Wildman–Crippen MR) is 69.2 cm³/mol. The third-order valence-corrected chi connectivity index (χ3v) is 6.34. The maximum Gasteiger partial charge on any atom is 0.459 e. The normalized spacial score (nSPS) is 17.1. The molecule has 0 N–H and O–H groups in total. The minimum absolute atomic E-state index is 5.55. The fourth-order valence-electron chi connectivity index (χ4n) is 2.42. The van der Waals surface area contributed by atoms with Gasteiger partial charge in [0.1, 0.15) is 0 Å². The van der Waals surface area contributed by atoms with Gasteiger partial charge in [0.2, 0.25) is 0 Å². The van der Waals surface area contributed by atoms with E-state index in [-0.39, 0.29) is 0 Å². The maximum absolute atomic E-state index is 13.9. The summed E-state index contributed by atoms with van der Waals surface area (Å²) in [7, 11) is 0. The molecule has 0 rings (SSSR count). The molecule has 0 aromatic heterocycles. The molecule has 0 saturated heterocycles. The van der Waals surface area contributed by atoms with Crippen molar-refractivity contribution in [2.24, 2.45) is 0 Å². The topological polar surface area (TPSA) is 0 Å². The first-order chi connectivity index (χ1) is 16.2. The lowest BCUT2D eigenvalue weighted by molar-refractivity contribution is -0.414. The SMILES string of the molecule is FC(F)(F)C(F)(F)C(F)(F)C(SC(C(F)(F)F)(C(F)(F)F)C(F)(F)C(F)(F)C(F)(F)F)(C(F)(F)F)C(F)(F)F. The van der Waals surface area contributed by atoms with Crippen LogP contribution >= 0.6 is 11.8 Å². The molecule has 0 amide bonds. The highest BCUT2D eigenvalue weighted by atomic mass is 32.2. The molecular weight excluding hydrogens is 670 g/mol. The van der Waals surface area contributed by atoms with Crippen LogP contribution in [0.3, 0.4) is 0 Å². The first-order valence-electron chi connectivity index (χ1n) is 7.82. The fourth-order valence-corrected chi connectivity index (χ4v) is 3.86. The summed E-state index contributed by atoms with van der Waals surface area (Å²) in [4.78, 5) is 0. The van der Waals surface area contributed by atoms with Crippen LogP contribution in [0, 0.1) is 0 Å². The molecule has 0 fully saturated rings. The molecule has 0 aromatic rings. The van der Waals surface area contributed by atoms with Gasteiger partial charge in [0, 0.05) is 0 Å². The molecule has 0 radical (unpaired) electrons. The first-order valence-corrected chi connectivity index (χ1v) is 8.64. The highest BCUT2D eigenvalue weighted by Crippen LogP contribution is 2.75. The van der Waals surface area contributed by atoms with Gasteiger partial charge in [-0.25, -0.2) is 0 Å². The quantitative estimate of drug-likeness (QED) is 0.254. The minimum Gasteiger partial charge on any atom is -0.197 e. The lowest BCUT2D eigenvalue weighted by Crippen LogP contribution is -2.80. The minimum atomic E-state index is -9.58. The van der Waals surface area contributed by atoms with E-state index in [1.807, 2.05) is 0 Å². The van der Waals surface area contributed by atoms with Crippen LogP contribution in [0.15, 0.2) is 0 Å². The zero-order valence-corrected chi connectivity index (χ0v) is 17.1. The Morgan fingerprint density at radius 1 is 0.205 bits per heavy atom. The van der Waals surface area contributed by atoms with E-state index in [2.05, 4.69) is 0 Å². The predicted octanol–water partition coefficient (Wildman–Crippen LogP) is 9.11. The van der Waals surface area contributed by atoms with Crippen LogP contribution in [-0.4, -0.2) is 70.2 Å².